The molecule has 0 saturated carbocycles. The Morgan fingerprint density at radius 3 is 2.33 bits per heavy atom. The molecule has 9 heavy (non-hydrogen) atoms. The molecular weight excluding hydrogens is 138 g/mol. The SMILES string of the molecule is CC(C)[C@H](CCl)NC=O. The van der Waals surface area contributed by atoms with Crippen molar-refractivity contribution in [1.82, 2.24) is 5.32 Å². The monoisotopic (exact) mass is 149 g/mol. The molecule has 0 heterocycles. The molecule has 0 unspecified atom stereocenters. The van der Waals surface area contributed by atoms with Crippen molar-refractivity contribution < 1.29 is 4.79 Å². The van der Waals surface area contributed by atoms with Crippen LogP contribution in [0.25, 0.3) is 0 Å². The molecule has 54 valence electrons. The van der Waals surface area contributed by atoms with Gasteiger partial charge in [0.15, 0.2) is 0 Å². The van der Waals surface area contributed by atoms with Gasteiger partial charge in [0, 0.05) is 11.9 Å². The van der Waals surface area contributed by atoms with Gasteiger partial charge in [-0.15, -0.1) is 11.6 Å². The highest BCUT2D eigenvalue weighted by molar-refractivity contribution is 6.18. The quantitative estimate of drug-likeness (QED) is 0.469. The summed E-state index contributed by atoms with van der Waals surface area (Å²) in [5, 5.41) is 2.62. The first-order valence-electron chi connectivity index (χ1n) is 2.98. The Labute approximate surface area is 60.6 Å². The van der Waals surface area contributed by atoms with Gasteiger partial charge in [-0.25, -0.2) is 0 Å². The van der Waals surface area contributed by atoms with E-state index in [1.54, 1.807) is 0 Å². The summed E-state index contributed by atoms with van der Waals surface area (Å²) in [5.74, 6) is 0.892. The van der Waals surface area contributed by atoms with Crippen molar-refractivity contribution in [1.29, 1.82) is 0 Å². The van der Waals surface area contributed by atoms with Crippen molar-refractivity contribution in [2.75, 3.05) is 5.88 Å². The van der Waals surface area contributed by atoms with Gasteiger partial charge in [0.2, 0.25) is 6.41 Å². The first-order valence-corrected chi connectivity index (χ1v) is 3.51. The van der Waals surface area contributed by atoms with E-state index in [0.29, 0.717) is 18.2 Å². The predicted octanol–water partition coefficient (Wildman–Crippen LogP) is 0.996. The lowest BCUT2D eigenvalue weighted by Crippen LogP contribution is -2.34. The molecule has 1 atom stereocenters. The van der Waals surface area contributed by atoms with Gasteiger partial charge in [0.1, 0.15) is 0 Å². The number of carbonyl (C=O) groups is 1. The van der Waals surface area contributed by atoms with Crippen LogP contribution in [0, 0.1) is 5.92 Å². The topological polar surface area (TPSA) is 29.1 Å². The minimum Gasteiger partial charge on any atom is -0.354 e. The van der Waals surface area contributed by atoms with Gasteiger partial charge in [-0.2, -0.15) is 0 Å². The van der Waals surface area contributed by atoms with E-state index < -0.39 is 0 Å². The zero-order chi connectivity index (χ0) is 7.28. The molecule has 2 nitrogen and oxygen atoms in total. The molecule has 3 heteroatoms. The van der Waals surface area contributed by atoms with Crippen molar-refractivity contribution in [3.63, 3.8) is 0 Å². The van der Waals surface area contributed by atoms with Crippen molar-refractivity contribution in [2.45, 2.75) is 19.9 Å². The van der Waals surface area contributed by atoms with Crippen LogP contribution in [0.4, 0.5) is 0 Å². The average molecular weight is 150 g/mol. The Balaban J connectivity index is 3.53. The minimum atomic E-state index is 0.115. The van der Waals surface area contributed by atoms with E-state index in [4.69, 9.17) is 11.6 Å². The molecule has 1 amide bonds. The third-order valence-electron chi connectivity index (χ3n) is 1.25. The van der Waals surface area contributed by atoms with Crippen LogP contribution in [0.5, 0.6) is 0 Å². The number of halogens is 1. The second kappa shape index (κ2) is 4.62. The Bertz CT molecular complexity index is 85.1. The molecule has 0 rings (SSSR count). The predicted molar refractivity (Wildman–Crippen MR) is 38.5 cm³/mol. The van der Waals surface area contributed by atoms with Gasteiger partial charge in [-0.1, -0.05) is 13.8 Å². The van der Waals surface area contributed by atoms with Gasteiger partial charge in [0.05, 0.1) is 0 Å². The van der Waals surface area contributed by atoms with Gasteiger partial charge in [-0.05, 0) is 5.92 Å². The van der Waals surface area contributed by atoms with E-state index >= 15 is 0 Å². The molecule has 0 aromatic carbocycles. The molecule has 0 spiro atoms. The molecule has 0 radical (unpaired) electrons. The highest BCUT2D eigenvalue weighted by Gasteiger charge is 2.08. The van der Waals surface area contributed by atoms with Crippen LogP contribution in [0.3, 0.4) is 0 Å². The van der Waals surface area contributed by atoms with Crippen LogP contribution in [0.1, 0.15) is 13.8 Å². The molecule has 0 aromatic rings. The number of hydrogen-bond donors (Lipinski definition) is 1. The molecule has 0 bridgehead atoms. The lowest BCUT2D eigenvalue weighted by molar-refractivity contribution is -0.110. The maximum Gasteiger partial charge on any atom is 0.207 e. The number of nitrogens with one attached hydrogen (secondary N) is 1. The van der Waals surface area contributed by atoms with Gasteiger partial charge in [-0.3, -0.25) is 4.79 Å². The lowest BCUT2D eigenvalue weighted by atomic mass is 10.1. The largest absolute Gasteiger partial charge is 0.354 e. The van der Waals surface area contributed by atoms with E-state index in [-0.39, 0.29) is 6.04 Å². The van der Waals surface area contributed by atoms with Gasteiger partial charge >= 0.3 is 0 Å². The minimum absolute atomic E-state index is 0.115. The van der Waals surface area contributed by atoms with E-state index in [1.165, 1.54) is 0 Å². The summed E-state index contributed by atoms with van der Waals surface area (Å²) in [6, 6.07) is 0.115. The second-order valence-corrected chi connectivity index (χ2v) is 2.60. The van der Waals surface area contributed by atoms with Crippen molar-refractivity contribution in [2.24, 2.45) is 5.92 Å². The first kappa shape index (κ1) is 8.76. The van der Waals surface area contributed by atoms with E-state index in [0.717, 1.165) is 0 Å². The summed E-state index contributed by atoms with van der Waals surface area (Å²) in [6.45, 7) is 4.03. The number of alkyl halides is 1. The van der Waals surface area contributed by atoms with Crippen LogP contribution in [0.2, 0.25) is 0 Å². The second-order valence-electron chi connectivity index (χ2n) is 2.29. The standard InChI is InChI=1S/C6H12ClNO/c1-5(2)6(3-7)8-4-9/h4-6H,3H2,1-2H3,(H,8,9)/t6-/m0/s1. The molecule has 0 aliphatic heterocycles. The number of hydrogen-bond acceptors (Lipinski definition) is 1. The van der Waals surface area contributed by atoms with Crippen LogP contribution < -0.4 is 5.32 Å². The fraction of sp³-hybridized carbons (Fsp3) is 0.833. The van der Waals surface area contributed by atoms with Crippen molar-refractivity contribution in [3.8, 4) is 0 Å². The highest BCUT2D eigenvalue weighted by Crippen LogP contribution is 2.01. The summed E-state index contributed by atoms with van der Waals surface area (Å²) in [7, 11) is 0. The molecule has 0 saturated heterocycles. The average Bonchev–Trinajstić information content (AvgIpc) is 1.82. The van der Waals surface area contributed by atoms with Crippen LogP contribution in [-0.4, -0.2) is 18.3 Å². The maximum absolute atomic E-state index is 9.91. The van der Waals surface area contributed by atoms with E-state index in [1.807, 2.05) is 13.8 Å². The first-order chi connectivity index (χ1) is 4.22. The van der Waals surface area contributed by atoms with Crippen LogP contribution in [0.15, 0.2) is 0 Å². The zero-order valence-corrected chi connectivity index (χ0v) is 6.48. The summed E-state index contributed by atoms with van der Waals surface area (Å²) >= 11 is 5.52. The molecule has 0 fully saturated rings. The number of amides is 1. The van der Waals surface area contributed by atoms with Crippen molar-refractivity contribution in [3.05, 3.63) is 0 Å². The van der Waals surface area contributed by atoms with Crippen molar-refractivity contribution >= 4 is 18.0 Å². The van der Waals surface area contributed by atoms with Gasteiger partial charge < -0.3 is 5.32 Å². The Kier molecular flexibility index (Phi) is 4.50. The summed E-state index contributed by atoms with van der Waals surface area (Å²) in [5.41, 5.74) is 0. The van der Waals surface area contributed by atoms with E-state index in [2.05, 4.69) is 5.32 Å². The maximum atomic E-state index is 9.91. The molecule has 0 aliphatic rings. The summed E-state index contributed by atoms with van der Waals surface area (Å²) in [6.07, 6.45) is 0.688. The smallest absolute Gasteiger partial charge is 0.207 e. The Hall–Kier alpha value is -0.240. The Morgan fingerprint density at radius 1 is 1.67 bits per heavy atom. The molecule has 1 N–H and O–H groups in total. The van der Waals surface area contributed by atoms with Crippen LogP contribution >= 0.6 is 11.6 Å². The van der Waals surface area contributed by atoms with E-state index in [9.17, 15) is 4.79 Å². The highest BCUT2D eigenvalue weighted by atomic mass is 35.5. The zero-order valence-electron chi connectivity index (χ0n) is 5.73. The third kappa shape index (κ3) is 3.36. The van der Waals surface area contributed by atoms with Crippen LogP contribution in [-0.2, 0) is 4.79 Å². The molecule has 0 aromatic heterocycles. The van der Waals surface area contributed by atoms with Gasteiger partial charge in [0.25, 0.3) is 0 Å². The summed E-state index contributed by atoms with van der Waals surface area (Å²) < 4.78 is 0. The number of rotatable bonds is 4. The third-order valence-corrected chi connectivity index (χ3v) is 1.59. The molecule has 0 aliphatic carbocycles. The number of carbonyl (C=O) groups excluding carboxylic acids is 1. The fourth-order valence-corrected chi connectivity index (χ4v) is 0.948. The summed E-state index contributed by atoms with van der Waals surface area (Å²) in [4.78, 5) is 9.91. The Morgan fingerprint density at radius 2 is 2.22 bits per heavy atom. The fourth-order valence-electron chi connectivity index (χ4n) is 0.503. The molecular formula is C6H12ClNO. The lowest BCUT2D eigenvalue weighted by Gasteiger charge is -2.15. The normalized spacial score (nSPS) is 13.3.